The number of benzene rings is 2. The van der Waals surface area contributed by atoms with Gasteiger partial charge in [-0.1, -0.05) is 28.4 Å². The van der Waals surface area contributed by atoms with Gasteiger partial charge in [0.05, 0.1) is 4.90 Å². The Hall–Kier alpha value is -1.90. The first kappa shape index (κ1) is 21.8. The first-order valence-corrected chi connectivity index (χ1v) is 11.8. The summed E-state index contributed by atoms with van der Waals surface area (Å²) < 4.78 is 34.0. The Bertz CT molecular complexity index is 971. The van der Waals surface area contributed by atoms with Crippen LogP contribution in [0.1, 0.15) is 31.7 Å². The molecule has 0 aromatic heterocycles. The number of halogens is 1. The van der Waals surface area contributed by atoms with Gasteiger partial charge in [0.2, 0.25) is 10.0 Å². The fourth-order valence-corrected chi connectivity index (χ4v) is 4.96. The number of sulfonamides is 1. The second-order valence-corrected chi connectivity index (χ2v) is 10.00. The van der Waals surface area contributed by atoms with Crippen molar-refractivity contribution in [3.8, 4) is 5.75 Å². The van der Waals surface area contributed by atoms with E-state index in [2.05, 4.69) is 21.2 Å². The Labute approximate surface area is 180 Å². The van der Waals surface area contributed by atoms with Gasteiger partial charge in [-0.25, -0.2) is 8.42 Å². The first-order valence-electron chi connectivity index (χ1n) is 9.61. The molecule has 29 heavy (non-hydrogen) atoms. The molecule has 1 unspecified atom stereocenters. The minimum atomic E-state index is -3.56. The highest BCUT2D eigenvalue weighted by Gasteiger charge is 2.26. The lowest BCUT2D eigenvalue weighted by molar-refractivity contribution is -0.122. The van der Waals surface area contributed by atoms with Crippen LogP contribution in [0.4, 0.5) is 5.69 Å². The molecule has 1 aliphatic rings. The molecule has 1 N–H and O–H groups in total. The molecular formula is C21H25BrN2O4S. The molecule has 3 rings (SSSR count). The molecule has 0 bridgehead atoms. The Kier molecular flexibility index (Phi) is 6.97. The van der Waals surface area contributed by atoms with E-state index < -0.39 is 16.1 Å². The summed E-state index contributed by atoms with van der Waals surface area (Å²) >= 11 is 3.36. The summed E-state index contributed by atoms with van der Waals surface area (Å²) in [6.45, 7) is 4.56. The van der Waals surface area contributed by atoms with Crippen molar-refractivity contribution in [1.29, 1.82) is 0 Å². The van der Waals surface area contributed by atoms with Gasteiger partial charge >= 0.3 is 0 Å². The Morgan fingerprint density at radius 2 is 1.76 bits per heavy atom. The lowest BCUT2D eigenvalue weighted by atomic mass is 10.2. The highest BCUT2D eigenvalue weighted by Crippen LogP contribution is 2.25. The zero-order chi connectivity index (χ0) is 21.0. The largest absolute Gasteiger partial charge is 0.481 e. The summed E-state index contributed by atoms with van der Waals surface area (Å²) in [4.78, 5) is 12.8. The molecular weight excluding hydrogens is 456 g/mol. The Morgan fingerprint density at radius 3 is 2.41 bits per heavy atom. The van der Waals surface area contributed by atoms with Gasteiger partial charge in [-0.15, -0.1) is 0 Å². The molecule has 0 spiro atoms. The predicted molar refractivity (Wildman–Crippen MR) is 117 cm³/mol. The molecule has 2 aromatic rings. The smallest absolute Gasteiger partial charge is 0.265 e. The maximum absolute atomic E-state index is 12.9. The van der Waals surface area contributed by atoms with Crippen molar-refractivity contribution in [3.63, 3.8) is 0 Å². The van der Waals surface area contributed by atoms with E-state index in [1.165, 1.54) is 10.4 Å². The number of nitrogens with zero attached hydrogens (tertiary/aromatic N) is 1. The number of ether oxygens (including phenoxy) is 1. The van der Waals surface area contributed by atoms with Crippen molar-refractivity contribution in [2.24, 2.45) is 0 Å². The molecule has 0 aliphatic carbocycles. The van der Waals surface area contributed by atoms with Gasteiger partial charge < -0.3 is 10.1 Å². The number of hydrogen-bond acceptors (Lipinski definition) is 4. The molecule has 1 aliphatic heterocycles. The SMILES string of the molecule is Cc1ccc(S(=O)(=O)N2CCCCC2)cc1NC(=O)C(C)Oc1ccc(Br)cc1. The van der Waals surface area contributed by atoms with Gasteiger partial charge in [-0.05, 0) is 68.7 Å². The highest BCUT2D eigenvalue weighted by atomic mass is 79.9. The zero-order valence-corrected chi connectivity index (χ0v) is 18.9. The third-order valence-electron chi connectivity index (χ3n) is 4.92. The Balaban J connectivity index is 1.73. The summed E-state index contributed by atoms with van der Waals surface area (Å²) in [6.07, 6.45) is 2.06. The van der Waals surface area contributed by atoms with Gasteiger partial charge in [0.25, 0.3) is 5.91 Å². The highest BCUT2D eigenvalue weighted by molar-refractivity contribution is 9.10. The van der Waals surface area contributed by atoms with E-state index in [1.807, 2.05) is 19.1 Å². The summed E-state index contributed by atoms with van der Waals surface area (Å²) in [5, 5.41) is 2.80. The monoisotopic (exact) mass is 480 g/mol. The van der Waals surface area contributed by atoms with E-state index in [9.17, 15) is 13.2 Å². The fraction of sp³-hybridized carbons (Fsp3) is 0.381. The summed E-state index contributed by atoms with van der Waals surface area (Å²) in [5.74, 6) is 0.234. The van der Waals surface area contributed by atoms with Crippen LogP contribution in [-0.2, 0) is 14.8 Å². The lowest BCUT2D eigenvalue weighted by Crippen LogP contribution is -2.35. The van der Waals surface area contributed by atoms with E-state index in [4.69, 9.17) is 4.74 Å². The summed E-state index contributed by atoms with van der Waals surface area (Å²) in [7, 11) is -3.56. The molecule has 6 nitrogen and oxygen atoms in total. The maximum Gasteiger partial charge on any atom is 0.265 e. The van der Waals surface area contributed by atoms with Crippen molar-refractivity contribution in [2.75, 3.05) is 18.4 Å². The maximum atomic E-state index is 12.9. The number of carbonyl (C=O) groups excluding carboxylic acids is 1. The number of carbonyl (C=O) groups is 1. The van der Waals surface area contributed by atoms with E-state index in [1.54, 1.807) is 31.2 Å². The number of piperidine rings is 1. The van der Waals surface area contributed by atoms with Crippen LogP contribution in [0, 0.1) is 6.92 Å². The average Bonchev–Trinajstić information content (AvgIpc) is 2.71. The van der Waals surface area contributed by atoms with Crippen LogP contribution in [0.2, 0.25) is 0 Å². The third kappa shape index (κ3) is 5.38. The summed E-state index contributed by atoms with van der Waals surface area (Å²) in [5.41, 5.74) is 1.26. The molecule has 156 valence electrons. The second kappa shape index (κ2) is 9.28. The van der Waals surface area contributed by atoms with Crippen LogP contribution in [-0.4, -0.2) is 37.8 Å². The van der Waals surface area contributed by atoms with Crippen LogP contribution < -0.4 is 10.1 Å². The van der Waals surface area contributed by atoms with E-state index in [0.29, 0.717) is 24.5 Å². The van der Waals surface area contributed by atoms with Crippen LogP contribution >= 0.6 is 15.9 Å². The molecule has 1 fully saturated rings. The van der Waals surface area contributed by atoms with Crippen molar-refractivity contribution < 1.29 is 17.9 Å². The second-order valence-electron chi connectivity index (χ2n) is 7.14. The minimum Gasteiger partial charge on any atom is -0.481 e. The molecule has 1 heterocycles. The number of hydrogen-bond donors (Lipinski definition) is 1. The number of anilines is 1. The normalized spacial score (nSPS) is 16.2. The lowest BCUT2D eigenvalue weighted by Gasteiger charge is -2.26. The molecule has 1 amide bonds. The molecule has 2 aromatic carbocycles. The van der Waals surface area contributed by atoms with E-state index in [0.717, 1.165) is 29.3 Å². The first-order chi connectivity index (χ1) is 13.8. The minimum absolute atomic E-state index is 0.196. The number of rotatable bonds is 6. The van der Waals surface area contributed by atoms with Crippen LogP contribution in [0.3, 0.4) is 0 Å². The summed E-state index contributed by atoms with van der Waals surface area (Å²) in [6, 6.07) is 12.0. The van der Waals surface area contributed by atoms with E-state index >= 15 is 0 Å². The number of nitrogens with one attached hydrogen (secondary N) is 1. The van der Waals surface area contributed by atoms with Gasteiger partial charge in [-0.3, -0.25) is 4.79 Å². The van der Waals surface area contributed by atoms with Crippen molar-refractivity contribution in [2.45, 2.75) is 44.1 Å². The van der Waals surface area contributed by atoms with Gasteiger partial charge in [0.1, 0.15) is 5.75 Å². The van der Waals surface area contributed by atoms with Gasteiger partial charge in [0.15, 0.2) is 6.10 Å². The standard InChI is InChI=1S/C21H25BrN2O4S/c1-15-6-11-19(29(26,27)24-12-4-3-5-13-24)14-20(15)23-21(25)16(2)28-18-9-7-17(22)8-10-18/h6-11,14,16H,3-5,12-13H2,1-2H3,(H,23,25). The molecule has 0 saturated carbocycles. The van der Waals surface area contributed by atoms with Crippen molar-refractivity contribution >= 4 is 37.5 Å². The molecule has 8 heteroatoms. The third-order valence-corrected chi connectivity index (χ3v) is 7.34. The predicted octanol–water partition coefficient (Wildman–Crippen LogP) is 4.34. The van der Waals surface area contributed by atoms with Crippen LogP contribution in [0.15, 0.2) is 51.8 Å². The fourth-order valence-electron chi connectivity index (χ4n) is 3.16. The Morgan fingerprint density at radius 1 is 1.10 bits per heavy atom. The molecule has 1 atom stereocenters. The van der Waals surface area contributed by atoms with Crippen LogP contribution in [0.25, 0.3) is 0 Å². The van der Waals surface area contributed by atoms with Gasteiger partial charge in [0, 0.05) is 23.2 Å². The number of aryl methyl sites for hydroxylation is 1. The van der Waals surface area contributed by atoms with Gasteiger partial charge in [-0.2, -0.15) is 4.31 Å². The molecule has 1 saturated heterocycles. The zero-order valence-electron chi connectivity index (χ0n) is 16.5. The van der Waals surface area contributed by atoms with Crippen LogP contribution in [0.5, 0.6) is 5.75 Å². The van der Waals surface area contributed by atoms with E-state index in [-0.39, 0.29) is 10.8 Å². The topological polar surface area (TPSA) is 75.7 Å². The average molecular weight is 481 g/mol. The molecule has 0 radical (unpaired) electrons. The quantitative estimate of drug-likeness (QED) is 0.666. The van der Waals surface area contributed by atoms with Crippen molar-refractivity contribution in [1.82, 2.24) is 4.31 Å². The van der Waals surface area contributed by atoms with Crippen molar-refractivity contribution in [3.05, 3.63) is 52.5 Å². The number of amides is 1.